The van der Waals surface area contributed by atoms with Gasteiger partial charge in [-0.3, -0.25) is 0 Å². The Kier molecular flexibility index (Phi) is 5.48. The fraction of sp³-hybridized carbons (Fsp3) is 0.636. The van der Waals surface area contributed by atoms with Gasteiger partial charge in [0.15, 0.2) is 5.69 Å². The average molecular weight is 240 g/mol. The molecular weight excluding hydrogens is 220 g/mol. The van der Waals surface area contributed by atoms with E-state index < -0.39 is 0 Å². The Hall–Kier alpha value is -1.56. The van der Waals surface area contributed by atoms with Crippen LogP contribution in [0.4, 0.5) is 5.69 Å². The number of aromatic nitrogens is 2. The summed E-state index contributed by atoms with van der Waals surface area (Å²) in [7, 11) is 1.51. The number of hydrogen-bond donors (Lipinski definition) is 1. The molecule has 0 saturated carbocycles. The van der Waals surface area contributed by atoms with Gasteiger partial charge in [0.1, 0.15) is 12.9 Å². The number of nitrogens with zero attached hydrogens (tertiary/aromatic N) is 3. The molecule has 1 aromatic heterocycles. The molecule has 1 aromatic rings. The van der Waals surface area contributed by atoms with Crippen LogP contribution < -0.4 is 15.2 Å². The lowest BCUT2D eigenvalue weighted by Crippen LogP contribution is -2.28. The predicted molar refractivity (Wildman–Crippen MR) is 66.3 cm³/mol. The molecule has 0 spiro atoms. The Morgan fingerprint density at radius 3 is 2.47 bits per heavy atom. The molecular formula is C11H20N4O2. The van der Waals surface area contributed by atoms with Gasteiger partial charge in [-0.25, -0.2) is 0 Å². The van der Waals surface area contributed by atoms with Gasteiger partial charge in [0.05, 0.1) is 7.11 Å². The van der Waals surface area contributed by atoms with Gasteiger partial charge in [0.25, 0.3) is 0 Å². The highest BCUT2D eigenvalue weighted by Gasteiger charge is 2.09. The highest BCUT2D eigenvalue weighted by Crippen LogP contribution is 2.25. The molecule has 0 aromatic carbocycles. The van der Waals surface area contributed by atoms with Gasteiger partial charge in [-0.2, -0.15) is 9.97 Å². The van der Waals surface area contributed by atoms with E-state index in [2.05, 4.69) is 28.7 Å². The lowest BCUT2D eigenvalue weighted by atomic mass is 10.4. The fourth-order valence-corrected chi connectivity index (χ4v) is 1.45. The van der Waals surface area contributed by atoms with E-state index >= 15 is 0 Å². The zero-order valence-corrected chi connectivity index (χ0v) is 10.6. The first kappa shape index (κ1) is 13.5. The molecule has 0 radical (unpaired) electrons. The largest absolute Gasteiger partial charge is 0.479 e. The molecule has 0 saturated heterocycles. The summed E-state index contributed by atoms with van der Waals surface area (Å²) in [6.45, 7) is 7.63. The summed E-state index contributed by atoms with van der Waals surface area (Å²) >= 11 is 0. The highest BCUT2D eigenvalue weighted by atomic mass is 16.5. The maximum atomic E-state index is 5.79. The second-order valence-corrected chi connectivity index (χ2v) is 3.48. The Morgan fingerprint density at radius 2 is 1.88 bits per heavy atom. The van der Waals surface area contributed by atoms with E-state index in [0.29, 0.717) is 24.1 Å². The van der Waals surface area contributed by atoms with E-state index in [9.17, 15) is 0 Å². The van der Waals surface area contributed by atoms with E-state index in [1.807, 2.05) is 0 Å². The summed E-state index contributed by atoms with van der Waals surface area (Å²) in [5.41, 5.74) is 6.13. The number of hydrogen-bond acceptors (Lipinski definition) is 6. The zero-order chi connectivity index (χ0) is 12.7. The third kappa shape index (κ3) is 3.74. The van der Waals surface area contributed by atoms with E-state index in [1.54, 1.807) is 0 Å². The van der Waals surface area contributed by atoms with Crippen LogP contribution in [0, 0.1) is 0 Å². The highest BCUT2D eigenvalue weighted by molar-refractivity contribution is 5.55. The molecule has 0 atom stereocenters. The maximum Gasteiger partial charge on any atom is 0.244 e. The van der Waals surface area contributed by atoms with Crippen LogP contribution in [0.2, 0.25) is 0 Å². The first-order chi connectivity index (χ1) is 8.22. The van der Waals surface area contributed by atoms with Gasteiger partial charge in [-0.05, 0) is 13.1 Å². The molecule has 6 heteroatoms. The zero-order valence-electron chi connectivity index (χ0n) is 10.6. The molecule has 17 heavy (non-hydrogen) atoms. The number of anilines is 1. The molecule has 0 aliphatic carbocycles. The second kappa shape index (κ2) is 6.90. The van der Waals surface area contributed by atoms with Gasteiger partial charge >= 0.3 is 0 Å². The second-order valence-electron chi connectivity index (χ2n) is 3.48. The third-order valence-corrected chi connectivity index (χ3v) is 2.54. The van der Waals surface area contributed by atoms with Gasteiger partial charge in [0.2, 0.25) is 11.8 Å². The summed E-state index contributed by atoms with van der Waals surface area (Å²) < 4.78 is 10.5. The van der Waals surface area contributed by atoms with Crippen molar-refractivity contribution in [3.8, 4) is 11.8 Å². The fourth-order valence-electron chi connectivity index (χ4n) is 1.45. The molecule has 96 valence electrons. The molecule has 1 heterocycles. The summed E-state index contributed by atoms with van der Waals surface area (Å²) in [4.78, 5) is 10.1. The topological polar surface area (TPSA) is 73.5 Å². The van der Waals surface area contributed by atoms with E-state index in [1.165, 1.54) is 13.4 Å². The molecule has 0 aliphatic rings. The quantitative estimate of drug-likeness (QED) is 0.759. The number of likely N-dealkylation sites (N-methyl/N-ethyl adjacent to an activating group) is 1. The van der Waals surface area contributed by atoms with E-state index in [-0.39, 0.29) is 0 Å². The van der Waals surface area contributed by atoms with E-state index in [4.69, 9.17) is 15.2 Å². The minimum absolute atomic E-state index is 0.342. The summed E-state index contributed by atoms with van der Waals surface area (Å²) in [6, 6.07) is 0. The standard InChI is InChI=1S/C11H20N4O2/c1-4-15(5-2)6-7-17-11-9(12)10(16-3)13-8-14-11/h8H,4-7,12H2,1-3H3. The number of rotatable bonds is 7. The summed E-state index contributed by atoms with van der Waals surface area (Å²) in [6.07, 6.45) is 1.38. The average Bonchev–Trinajstić information content (AvgIpc) is 2.36. The Labute approximate surface area is 102 Å². The summed E-state index contributed by atoms with van der Waals surface area (Å²) in [5.74, 6) is 0.724. The minimum atomic E-state index is 0.342. The molecule has 0 amide bonds. The molecule has 1 rings (SSSR count). The third-order valence-electron chi connectivity index (χ3n) is 2.54. The minimum Gasteiger partial charge on any atom is -0.479 e. The van der Waals surface area contributed by atoms with Crippen LogP contribution in [0.3, 0.4) is 0 Å². The van der Waals surface area contributed by atoms with Gasteiger partial charge in [-0.1, -0.05) is 13.8 Å². The molecule has 0 aliphatic heterocycles. The van der Waals surface area contributed by atoms with Crippen LogP contribution in [0.1, 0.15) is 13.8 Å². The Morgan fingerprint density at radius 1 is 1.24 bits per heavy atom. The van der Waals surface area contributed by atoms with Crippen molar-refractivity contribution in [2.24, 2.45) is 0 Å². The van der Waals surface area contributed by atoms with Crippen molar-refractivity contribution in [3.05, 3.63) is 6.33 Å². The van der Waals surface area contributed by atoms with Crippen LogP contribution in [0.15, 0.2) is 6.33 Å². The van der Waals surface area contributed by atoms with Gasteiger partial charge in [0, 0.05) is 6.54 Å². The van der Waals surface area contributed by atoms with Crippen molar-refractivity contribution in [2.75, 3.05) is 39.1 Å². The Bertz CT molecular complexity index is 342. The number of ether oxygens (including phenoxy) is 2. The smallest absolute Gasteiger partial charge is 0.244 e. The number of nitrogens with two attached hydrogens (primary N) is 1. The molecule has 2 N–H and O–H groups in total. The van der Waals surface area contributed by atoms with Crippen LogP contribution in [-0.2, 0) is 0 Å². The van der Waals surface area contributed by atoms with Crippen LogP contribution in [0.5, 0.6) is 11.8 Å². The lowest BCUT2D eigenvalue weighted by Gasteiger charge is -2.18. The molecule has 6 nitrogen and oxygen atoms in total. The summed E-state index contributed by atoms with van der Waals surface area (Å²) in [5, 5.41) is 0. The molecule has 0 fully saturated rings. The van der Waals surface area contributed by atoms with Crippen molar-refractivity contribution in [1.82, 2.24) is 14.9 Å². The number of methoxy groups -OCH3 is 1. The predicted octanol–water partition coefficient (Wildman–Crippen LogP) is 0.788. The van der Waals surface area contributed by atoms with Crippen molar-refractivity contribution < 1.29 is 9.47 Å². The SMILES string of the molecule is CCN(CC)CCOc1ncnc(OC)c1N. The van der Waals surface area contributed by atoms with E-state index in [0.717, 1.165) is 19.6 Å². The van der Waals surface area contributed by atoms with Gasteiger partial charge in [-0.15, -0.1) is 0 Å². The Balaban J connectivity index is 2.52. The monoisotopic (exact) mass is 240 g/mol. The van der Waals surface area contributed by atoms with Crippen LogP contribution in [-0.4, -0.2) is 48.2 Å². The van der Waals surface area contributed by atoms with Crippen molar-refractivity contribution in [3.63, 3.8) is 0 Å². The van der Waals surface area contributed by atoms with Crippen molar-refractivity contribution >= 4 is 5.69 Å². The first-order valence-electron chi connectivity index (χ1n) is 5.72. The van der Waals surface area contributed by atoms with Crippen molar-refractivity contribution in [1.29, 1.82) is 0 Å². The maximum absolute atomic E-state index is 5.79. The first-order valence-corrected chi connectivity index (χ1v) is 5.72. The van der Waals surface area contributed by atoms with Gasteiger partial charge < -0.3 is 20.1 Å². The van der Waals surface area contributed by atoms with Crippen molar-refractivity contribution in [2.45, 2.75) is 13.8 Å². The molecule has 0 unspecified atom stereocenters. The molecule has 0 bridgehead atoms. The number of nitrogen functional groups attached to an aromatic ring is 1. The van der Waals surface area contributed by atoms with Crippen LogP contribution >= 0.6 is 0 Å². The normalized spacial score (nSPS) is 10.6. The van der Waals surface area contributed by atoms with Crippen LogP contribution in [0.25, 0.3) is 0 Å². The lowest BCUT2D eigenvalue weighted by molar-refractivity contribution is 0.218.